The molecule has 0 aromatic heterocycles. The minimum atomic E-state index is -3.68. The monoisotopic (exact) mass is 537 g/mol. The van der Waals surface area contributed by atoms with Crippen molar-refractivity contribution >= 4 is 48.0 Å². The van der Waals surface area contributed by atoms with Crippen LogP contribution in [0, 0.1) is 0 Å². The molecule has 1 heterocycles. The molecule has 1 aliphatic heterocycles. The Morgan fingerprint density at radius 3 is 2.64 bits per heavy atom. The molecule has 2 atom stereocenters. The van der Waals surface area contributed by atoms with Crippen LogP contribution in [0.2, 0.25) is 0 Å². The molecule has 2 fully saturated rings. The van der Waals surface area contributed by atoms with Gasteiger partial charge in [0.15, 0.2) is 0 Å². The smallest absolute Gasteiger partial charge is 0.407 e. The molecule has 3 rings (SSSR count). The van der Waals surface area contributed by atoms with E-state index in [0.717, 1.165) is 25.7 Å². The van der Waals surface area contributed by atoms with Gasteiger partial charge in [0.25, 0.3) is 0 Å². The molecular formula is C18H25Br2N3O4S. The molecule has 1 aromatic carbocycles. The van der Waals surface area contributed by atoms with Gasteiger partial charge in [-0.25, -0.2) is 17.9 Å². The third-order valence-electron chi connectivity index (χ3n) is 5.40. The van der Waals surface area contributed by atoms with Gasteiger partial charge in [0.05, 0.1) is 4.90 Å². The fourth-order valence-corrected chi connectivity index (χ4v) is 6.78. The number of amides is 1. The molecule has 28 heavy (non-hydrogen) atoms. The van der Waals surface area contributed by atoms with Gasteiger partial charge < -0.3 is 15.3 Å². The van der Waals surface area contributed by atoms with E-state index in [1.165, 1.54) is 6.42 Å². The zero-order valence-corrected chi connectivity index (χ0v) is 19.4. The van der Waals surface area contributed by atoms with Crippen LogP contribution in [0.15, 0.2) is 32.0 Å². The molecule has 7 nitrogen and oxygen atoms in total. The Hall–Kier alpha value is -0.680. The molecule has 1 amide bonds. The van der Waals surface area contributed by atoms with Gasteiger partial charge in [-0.2, -0.15) is 0 Å². The first kappa shape index (κ1) is 22.0. The van der Waals surface area contributed by atoms with Crippen LogP contribution in [0.4, 0.5) is 4.79 Å². The summed E-state index contributed by atoms with van der Waals surface area (Å²) in [6, 6.07) is 4.74. The molecule has 1 aromatic rings. The summed E-state index contributed by atoms with van der Waals surface area (Å²) < 4.78 is 29.4. The van der Waals surface area contributed by atoms with Gasteiger partial charge in [-0.3, -0.25) is 0 Å². The first-order valence-corrected chi connectivity index (χ1v) is 12.5. The highest BCUT2D eigenvalue weighted by Gasteiger charge is 2.33. The summed E-state index contributed by atoms with van der Waals surface area (Å²) in [4.78, 5) is 13.4. The van der Waals surface area contributed by atoms with Crippen molar-refractivity contribution in [2.75, 3.05) is 13.1 Å². The van der Waals surface area contributed by atoms with Gasteiger partial charge >= 0.3 is 6.09 Å². The van der Waals surface area contributed by atoms with E-state index in [-0.39, 0.29) is 23.0 Å². The van der Waals surface area contributed by atoms with Crippen molar-refractivity contribution in [1.82, 2.24) is 14.9 Å². The number of carbonyl (C=O) groups is 1. The zero-order valence-electron chi connectivity index (χ0n) is 15.4. The number of carboxylic acid groups (broad SMARTS) is 1. The van der Waals surface area contributed by atoms with Crippen LogP contribution in [0.1, 0.15) is 38.5 Å². The van der Waals surface area contributed by atoms with Crippen molar-refractivity contribution in [2.24, 2.45) is 0 Å². The topological polar surface area (TPSA) is 98.7 Å². The van der Waals surface area contributed by atoms with Crippen molar-refractivity contribution in [3.05, 3.63) is 27.1 Å². The third-order valence-corrected chi connectivity index (χ3v) is 8.41. The van der Waals surface area contributed by atoms with Gasteiger partial charge in [-0.05, 0) is 53.4 Å². The summed E-state index contributed by atoms with van der Waals surface area (Å²) in [6.45, 7) is 0.868. The van der Waals surface area contributed by atoms with Crippen molar-refractivity contribution in [2.45, 2.75) is 61.5 Å². The fourth-order valence-electron chi connectivity index (χ4n) is 4.03. The lowest BCUT2D eigenvalue weighted by molar-refractivity contribution is 0.105. The predicted molar refractivity (Wildman–Crippen MR) is 114 cm³/mol. The molecule has 10 heteroatoms. The highest BCUT2D eigenvalue weighted by atomic mass is 79.9. The van der Waals surface area contributed by atoms with E-state index >= 15 is 0 Å². The van der Waals surface area contributed by atoms with E-state index in [1.807, 2.05) is 0 Å². The number of halogens is 2. The highest BCUT2D eigenvalue weighted by Crippen LogP contribution is 2.27. The van der Waals surface area contributed by atoms with E-state index < -0.39 is 16.1 Å². The molecule has 1 saturated carbocycles. The molecule has 0 spiro atoms. The molecule has 0 radical (unpaired) electrons. The third kappa shape index (κ3) is 5.47. The first-order valence-electron chi connectivity index (χ1n) is 9.46. The minimum absolute atomic E-state index is 0.0586. The van der Waals surface area contributed by atoms with Crippen LogP contribution in [-0.2, 0) is 10.0 Å². The normalized spacial score (nSPS) is 23.6. The molecule has 0 unspecified atom stereocenters. The molecule has 156 valence electrons. The van der Waals surface area contributed by atoms with E-state index in [2.05, 4.69) is 41.9 Å². The Bertz CT molecular complexity index is 815. The maximum absolute atomic E-state index is 12.8. The second kappa shape index (κ2) is 9.42. The van der Waals surface area contributed by atoms with Crippen LogP contribution in [-0.4, -0.2) is 55.7 Å². The van der Waals surface area contributed by atoms with Gasteiger partial charge in [0.1, 0.15) is 0 Å². The molecule has 3 N–H and O–H groups in total. The lowest BCUT2D eigenvalue weighted by Gasteiger charge is -2.34. The Labute approximate surface area is 182 Å². The lowest BCUT2D eigenvalue weighted by atomic mass is 9.94. The van der Waals surface area contributed by atoms with Gasteiger partial charge in [-0.15, -0.1) is 0 Å². The quantitative estimate of drug-likeness (QED) is 0.514. The second-order valence-electron chi connectivity index (χ2n) is 7.46. The SMILES string of the molecule is O=C(O)N(C[C@H]1C[C@@H](NS(=O)(=O)c2cc(Br)ccc2Br)CN1)C1CCCCC1. The Kier molecular flexibility index (Phi) is 7.41. The largest absolute Gasteiger partial charge is 0.465 e. The first-order chi connectivity index (χ1) is 13.3. The molecule has 1 saturated heterocycles. The summed E-state index contributed by atoms with van der Waals surface area (Å²) in [7, 11) is -3.68. The number of nitrogens with one attached hydrogen (secondary N) is 2. The van der Waals surface area contributed by atoms with Crippen molar-refractivity contribution in [3.8, 4) is 0 Å². The van der Waals surface area contributed by atoms with E-state index in [9.17, 15) is 18.3 Å². The summed E-state index contributed by atoms with van der Waals surface area (Å²) in [5.74, 6) is 0. The summed E-state index contributed by atoms with van der Waals surface area (Å²) >= 11 is 6.60. The van der Waals surface area contributed by atoms with Gasteiger partial charge in [0, 0.05) is 40.2 Å². The molecule has 2 aliphatic rings. The molecule has 1 aliphatic carbocycles. The van der Waals surface area contributed by atoms with E-state index in [0.29, 0.717) is 28.5 Å². The van der Waals surface area contributed by atoms with Crippen molar-refractivity contribution < 1.29 is 18.3 Å². The minimum Gasteiger partial charge on any atom is -0.465 e. The maximum atomic E-state index is 12.8. The van der Waals surface area contributed by atoms with Crippen LogP contribution < -0.4 is 10.0 Å². The Morgan fingerprint density at radius 2 is 1.96 bits per heavy atom. The number of hydrogen-bond acceptors (Lipinski definition) is 4. The number of benzene rings is 1. The summed E-state index contributed by atoms with van der Waals surface area (Å²) in [5, 5.41) is 12.9. The summed E-state index contributed by atoms with van der Waals surface area (Å²) in [5.41, 5.74) is 0. The van der Waals surface area contributed by atoms with E-state index in [4.69, 9.17) is 0 Å². The average molecular weight is 539 g/mol. The van der Waals surface area contributed by atoms with Gasteiger partial charge in [0.2, 0.25) is 10.0 Å². The number of nitrogens with zero attached hydrogens (tertiary/aromatic N) is 1. The number of sulfonamides is 1. The zero-order chi connectivity index (χ0) is 20.3. The highest BCUT2D eigenvalue weighted by molar-refractivity contribution is 9.11. The van der Waals surface area contributed by atoms with Crippen LogP contribution in [0.5, 0.6) is 0 Å². The van der Waals surface area contributed by atoms with Crippen LogP contribution >= 0.6 is 31.9 Å². The maximum Gasteiger partial charge on any atom is 0.407 e. The lowest BCUT2D eigenvalue weighted by Crippen LogP contribution is -2.47. The van der Waals surface area contributed by atoms with Crippen LogP contribution in [0.25, 0.3) is 0 Å². The van der Waals surface area contributed by atoms with E-state index in [1.54, 1.807) is 23.1 Å². The molecule has 0 bridgehead atoms. The number of hydrogen-bond donors (Lipinski definition) is 3. The Balaban J connectivity index is 1.61. The number of rotatable bonds is 6. The van der Waals surface area contributed by atoms with Crippen LogP contribution in [0.3, 0.4) is 0 Å². The van der Waals surface area contributed by atoms with Gasteiger partial charge in [-0.1, -0.05) is 35.2 Å². The van der Waals surface area contributed by atoms with Crippen molar-refractivity contribution in [3.63, 3.8) is 0 Å². The van der Waals surface area contributed by atoms with Crippen molar-refractivity contribution in [1.29, 1.82) is 0 Å². The second-order valence-corrected chi connectivity index (χ2v) is 10.9. The Morgan fingerprint density at radius 1 is 1.25 bits per heavy atom. The summed E-state index contributed by atoms with van der Waals surface area (Å²) in [6.07, 6.45) is 4.78. The standard InChI is InChI=1S/C18H25Br2N3O4S/c19-12-6-7-16(20)17(8-12)28(26,27)22-13-9-14(21-10-13)11-23(18(24)25)15-4-2-1-3-5-15/h6-8,13-15,21-22H,1-5,9-11H2,(H,24,25)/t13-,14-/m1/s1. The molecular weight excluding hydrogens is 514 g/mol. The fraction of sp³-hybridized carbons (Fsp3) is 0.611. The average Bonchev–Trinajstić information content (AvgIpc) is 3.08. The predicted octanol–water partition coefficient (Wildman–Crippen LogP) is 3.53.